The van der Waals surface area contributed by atoms with Crippen LogP contribution in [0.5, 0.6) is 0 Å². The van der Waals surface area contributed by atoms with Gasteiger partial charge < -0.3 is 5.11 Å². The molecule has 1 amide bonds. The number of nitrogens with zero attached hydrogens (tertiary/aromatic N) is 2. The molecule has 1 aliphatic carbocycles. The highest BCUT2D eigenvalue weighted by molar-refractivity contribution is 5.67. The van der Waals surface area contributed by atoms with Crippen LogP contribution in [0.15, 0.2) is 30.3 Å². The van der Waals surface area contributed by atoms with Crippen LogP contribution in [0.25, 0.3) is 0 Å². The van der Waals surface area contributed by atoms with Gasteiger partial charge in [-0.3, -0.25) is 9.80 Å². The lowest BCUT2D eigenvalue weighted by molar-refractivity contribution is -0.139. The monoisotopic (exact) mass is 330 g/mol. The highest BCUT2D eigenvalue weighted by atomic mass is 16.4. The lowest BCUT2D eigenvalue weighted by Gasteiger charge is -2.60. The van der Waals surface area contributed by atoms with Crippen LogP contribution in [0, 0.1) is 11.3 Å². The maximum Gasteiger partial charge on any atom is 0.409 e. The molecule has 1 atom stereocenters. The Balaban J connectivity index is 2.09. The van der Waals surface area contributed by atoms with E-state index < -0.39 is 6.09 Å². The van der Waals surface area contributed by atoms with Crippen LogP contribution < -0.4 is 0 Å². The first-order valence-corrected chi connectivity index (χ1v) is 9.04. The van der Waals surface area contributed by atoms with Gasteiger partial charge in [0.2, 0.25) is 0 Å². The molecule has 3 fully saturated rings. The number of carboxylic acid groups (broad SMARTS) is 1. The zero-order valence-electron chi connectivity index (χ0n) is 15.3. The van der Waals surface area contributed by atoms with Crippen LogP contribution in [-0.2, 0) is 0 Å². The summed E-state index contributed by atoms with van der Waals surface area (Å²) in [7, 11) is 2.10. The van der Waals surface area contributed by atoms with E-state index in [9.17, 15) is 9.90 Å². The smallest absolute Gasteiger partial charge is 0.409 e. The number of hydrogen-bond donors (Lipinski definition) is 1. The molecule has 2 saturated heterocycles. The van der Waals surface area contributed by atoms with Gasteiger partial charge in [-0.2, -0.15) is 0 Å². The second-order valence-electron chi connectivity index (χ2n) is 8.64. The Morgan fingerprint density at radius 2 is 1.83 bits per heavy atom. The average molecular weight is 330 g/mol. The van der Waals surface area contributed by atoms with Gasteiger partial charge in [-0.25, -0.2) is 4.79 Å². The van der Waals surface area contributed by atoms with Gasteiger partial charge in [0.15, 0.2) is 0 Å². The van der Waals surface area contributed by atoms with E-state index in [1.165, 1.54) is 0 Å². The summed E-state index contributed by atoms with van der Waals surface area (Å²) < 4.78 is 0. The minimum atomic E-state index is -0.800. The second kappa shape index (κ2) is 6.07. The van der Waals surface area contributed by atoms with Crippen LogP contribution >= 0.6 is 0 Å². The van der Waals surface area contributed by atoms with Crippen molar-refractivity contribution in [2.75, 3.05) is 13.6 Å². The fraction of sp³-hybridized carbons (Fsp3) is 0.650. The SMILES string of the molecule is CN1CC2CCC1(N(C(=O)O)[C@H](c1ccccc1)C(C)(C)C)CC2. The number of amides is 1. The predicted octanol–water partition coefficient (Wildman–Crippen LogP) is 4.59. The van der Waals surface area contributed by atoms with E-state index in [0.717, 1.165) is 43.7 Å². The Bertz CT molecular complexity index is 585. The number of piperidine rings is 2. The van der Waals surface area contributed by atoms with E-state index in [1.54, 1.807) is 4.90 Å². The standard InChI is InChI=1S/C20H30N2O2/c1-19(2,3)17(16-8-6-5-7-9-16)22(18(23)24)20-12-10-15(11-13-20)14-21(20)4/h5-9,15,17H,10-14H2,1-4H3,(H,23,24)/t15?,17-,20?/m1/s1. The van der Waals surface area contributed by atoms with Crippen molar-refractivity contribution in [3.63, 3.8) is 0 Å². The normalized spacial score (nSPS) is 28.6. The van der Waals surface area contributed by atoms with Gasteiger partial charge in [-0.15, -0.1) is 0 Å². The molecular weight excluding hydrogens is 300 g/mol. The third kappa shape index (κ3) is 2.81. The molecule has 1 saturated carbocycles. The molecule has 4 heteroatoms. The number of carbonyl (C=O) groups is 1. The Labute approximate surface area is 145 Å². The summed E-state index contributed by atoms with van der Waals surface area (Å²) >= 11 is 0. The molecule has 3 aliphatic rings. The van der Waals surface area contributed by atoms with Gasteiger partial charge in [-0.1, -0.05) is 51.1 Å². The molecule has 0 unspecified atom stereocenters. The highest BCUT2D eigenvalue weighted by Crippen LogP contribution is 2.50. The summed E-state index contributed by atoms with van der Waals surface area (Å²) in [4.78, 5) is 16.6. The predicted molar refractivity (Wildman–Crippen MR) is 95.8 cm³/mol. The van der Waals surface area contributed by atoms with E-state index in [2.05, 4.69) is 44.9 Å². The van der Waals surface area contributed by atoms with Crippen molar-refractivity contribution < 1.29 is 9.90 Å². The maximum absolute atomic E-state index is 12.5. The lowest BCUT2D eigenvalue weighted by atomic mass is 9.72. The van der Waals surface area contributed by atoms with E-state index in [0.29, 0.717) is 0 Å². The third-order valence-corrected chi connectivity index (χ3v) is 6.00. The van der Waals surface area contributed by atoms with Crippen molar-refractivity contribution in [3.05, 3.63) is 35.9 Å². The molecule has 0 aromatic heterocycles. The van der Waals surface area contributed by atoms with Gasteiger partial charge in [0.05, 0.1) is 11.7 Å². The summed E-state index contributed by atoms with van der Waals surface area (Å²) in [6, 6.07) is 9.98. The van der Waals surface area contributed by atoms with E-state index in [-0.39, 0.29) is 17.1 Å². The number of hydrogen-bond acceptors (Lipinski definition) is 2. The molecule has 2 aliphatic heterocycles. The summed E-state index contributed by atoms with van der Waals surface area (Å²) in [5.41, 5.74) is 0.542. The van der Waals surface area contributed by atoms with Crippen LogP contribution in [0.4, 0.5) is 4.79 Å². The molecule has 24 heavy (non-hydrogen) atoms. The van der Waals surface area contributed by atoms with E-state index in [1.807, 2.05) is 18.2 Å². The largest absolute Gasteiger partial charge is 0.465 e. The van der Waals surface area contributed by atoms with Crippen molar-refractivity contribution in [1.29, 1.82) is 0 Å². The topological polar surface area (TPSA) is 43.8 Å². The van der Waals surface area contributed by atoms with Gasteiger partial charge in [-0.05, 0) is 49.6 Å². The van der Waals surface area contributed by atoms with Gasteiger partial charge in [0, 0.05) is 6.54 Å². The quantitative estimate of drug-likeness (QED) is 0.882. The summed E-state index contributed by atoms with van der Waals surface area (Å²) in [5.74, 6) is 0.734. The third-order valence-electron chi connectivity index (χ3n) is 6.00. The summed E-state index contributed by atoms with van der Waals surface area (Å²) in [5, 5.41) is 10.3. The fourth-order valence-corrected chi connectivity index (χ4v) is 4.89. The van der Waals surface area contributed by atoms with Crippen molar-refractivity contribution in [3.8, 4) is 0 Å². The van der Waals surface area contributed by atoms with Crippen molar-refractivity contribution in [2.24, 2.45) is 11.3 Å². The average Bonchev–Trinajstić information content (AvgIpc) is 2.53. The first kappa shape index (κ1) is 17.3. The zero-order chi connectivity index (χ0) is 17.5. The molecular formula is C20H30N2O2. The summed E-state index contributed by atoms with van der Waals surface area (Å²) in [6.45, 7) is 7.44. The Hall–Kier alpha value is -1.55. The first-order chi connectivity index (χ1) is 11.3. The van der Waals surface area contributed by atoms with Crippen molar-refractivity contribution >= 4 is 6.09 Å². The molecule has 1 aromatic carbocycles. The fourth-order valence-electron chi connectivity index (χ4n) is 4.89. The number of rotatable bonds is 3. The zero-order valence-corrected chi connectivity index (χ0v) is 15.3. The molecule has 4 rings (SSSR count). The Morgan fingerprint density at radius 3 is 2.29 bits per heavy atom. The van der Waals surface area contributed by atoms with Crippen LogP contribution in [0.2, 0.25) is 0 Å². The van der Waals surface area contributed by atoms with Crippen molar-refractivity contribution in [1.82, 2.24) is 9.80 Å². The first-order valence-electron chi connectivity index (χ1n) is 9.04. The molecule has 132 valence electrons. The van der Waals surface area contributed by atoms with Gasteiger partial charge >= 0.3 is 6.09 Å². The van der Waals surface area contributed by atoms with E-state index in [4.69, 9.17) is 0 Å². The van der Waals surface area contributed by atoms with Gasteiger partial charge in [0.25, 0.3) is 0 Å². The van der Waals surface area contributed by atoms with Crippen LogP contribution in [-0.4, -0.2) is 40.3 Å². The van der Waals surface area contributed by atoms with Crippen molar-refractivity contribution in [2.45, 2.75) is 58.2 Å². The number of benzene rings is 1. The molecule has 1 aromatic rings. The van der Waals surface area contributed by atoms with Gasteiger partial charge in [0.1, 0.15) is 0 Å². The van der Waals surface area contributed by atoms with Crippen LogP contribution in [0.3, 0.4) is 0 Å². The molecule has 0 spiro atoms. The molecule has 0 radical (unpaired) electrons. The molecule has 1 N–H and O–H groups in total. The minimum Gasteiger partial charge on any atom is -0.465 e. The Kier molecular flexibility index (Phi) is 4.37. The number of fused-ring (bicyclic) bond motifs is 3. The lowest BCUT2D eigenvalue weighted by Crippen LogP contribution is -2.68. The second-order valence-corrected chi connectivity index (χ2v) is 8.64. The van der Waals surface area contributed by atoms with Crippen LogP contribution in [0.1, 0.15) is 58.1 Å². The highest BCUT2D eigenvalue weighted by Gasteiger charge is 2.54. The molecule has 4 nitrogen and oxygen atoms in total. The molecule has 2 bridgehead atoms. The van der Waals surface area contributed by atoms with E-state index >= 15 is 0 Å². The minimum absolute atomic E-state index is 0.159. The Morgan fingerprint density at radius 1 is 1.25 bits per heavy atom. The molecule has 2 heterocycles. The maximum atomic E-state index is 12.5. The summed E-state index contributed by atoms with van der Waals surface area (Å²) in [6.07, 6.45) is 3.37.